The second-order valence-electron chi connectivity index (χ2n) is 2.89. The standard InChI is InChI=1S/C9H10N4O2/c1-7-2-4-8(5-3-7)6-11-9(10)12-13(14)15/h2-6H,1H3,(H2,10,12)/b11-6+. The third-order valence-electron chi connectivity index (χ3n) is 1.62. The summed E-state index contributed by atoms with van der Waals surface area (Å²) in [5, 5.41) is 16.2. The number of aliphatic imine (C=N–C) groups is 1. The number of hydrazine groups is 1. The van der Waals surface area contributed by atoms with Crippen LogP contribution in [0.5, 0.6) is 0 Å². The summed E-state index contributed by atoms with van der Waals surface area (Å²) < 4.78 is 0. The molecule has 0 unspecified atom stereocenters. The number of benzene rings is 1. The van der Waals surface area contributed by atoms with Crippen molar-refractivity contribution in [3.63, 3.8) is 0 Å². The van der Waals surface area contributed by atoms with Crippen molar-refractivity contribution >= 4 is 12.2 Å². The number of rotatable bonds is 2. The average Bonchev–Trinajstić information content (AvgIpc) is 2.16. The Kier molecular flexibility index (Phi) is 3.50. The second-order valence-corrected chi connectivity index (χ2v) is 2.89. The number of guanidine groups is 1. The Hall–Kier alpha value is -2.24. The SMILES string of the molecule is Cc1ccc(/C=N/C(=N)N[N+](=O)[O-])cc1. The van der Waals surface area contributed by atoms with E-state index in [0.29, 0.717) is 0 Å². The Labute approximate surface area is 86.3 Å². The topological polar surface area (TPSA) is 91.4 Å². The largest absolute Gasteiger partial charge is 0.277 e. The van der Waals surface area contributed by atoms with Gasteiger partial charge in [-0.2, -0.15) is 0 Å². The molecule has 6 heteroatoms. The van der Waals surface area contributed by atoms with Crippen molar-refractivity contribution in [1.29, 1.82) is 5.41 Å². The Morgan fingerprint density at radius 1 is 1.53 bits per heavy atom. The predicted molar refractivity (Wildman–Crippen MR) is 56.6 cm³/mol. The molecule has 0 aliphatic rings. The highest BCUT2D eigenvalue weighted by Gasteiger charge is 1.98. The summed E-state index contributed by atoms with van der Waals surface area (Å²) in [4.78, 5) is 13.5. The lowest BCUT2D eigenvalue weighted by Gasteiger charge is -1.94. The first-order chi connectivity index (χ1) is 7.08. The quantitative estimate of drug-likeness (QED) is 0.329. The highest BCUT2D eigenvalue weighted by molar-refractivity contribution is 5.91. The maximum Gasteiger partial charge on any atom is 0.277 e. The van der Waals surface area contributed by atoms with Crippen LogP contribution < -0.4 is 5.43 Å². The van der Waals surface area contributed by atoms with E-state index in [-0.39, 0.29) is 0 Å². The molecule has 0 saturated carbocycles. The minimum absolute atomic E-state index is 0.499. The van der Waals surface area contributed by atoms with E-state index in [1.807, 2.05) is 31.2 Å². The van der Waals surface area contributed by atoms with Crippen LogP contribution in [-0.2, 0) is 0 Å². The zero-order chi connectivity index (χ0) is 11.3. The number of hydrogen-bond donors (Lipinski definition) is 2. The summed E-state index contributed by atoms with van der Waals surface area (Å²) in [5.74, 6) is -0.499. The van der Waals surface area contributed by atoms with Crippen LogP contribution in [0.2, 0.25) is 0 Å². The molecule has 6 nitrogen and oxygen atoms in total. The zero-order valence-electron chi connectivity index (χ0n) is 8.10. The molecule has 0 aromatic heterocycles. The number of nitrogens with one attached hydrogen (secondary N) is 2. The van der Waals surface area contributed by atoms with Crippen LogP contribution in [0.3, 0.4) is 0 Å². The third kappa shape index (κ3) is 3.99. The monoisotopic (exact) mass is 206 g/mol. The molecule has 1 aromatic rings. The van der Waals surface area contributed by atoms with Crippen LogP contribution in [0.4, 0.5) is 0 Å². The molecule has 2 N–H and O–H groups in total. The number of nitro groups is 1. The Morgan fingerprint density at radius 2 is 2.13 bits per heavy atom. The molecule has 0 atom stereocenters. The molecule has 78 valence electrons. The first kappa shape index (κ1) is 10.8. The molecule has 0 fully saturated rings. The minimum atomic E-state index is -0.825. The summed E-state index contributed by atoms with van der Waals surface area (Å²) in [5.41, 5.74) is 3.54. The Balaban J connectivity index is 2.61. The molecule has 1 rings (SSSR count). The van der Waals surface area contributed by atoms with Crippen LogP contribution in [0.25, 0.3) is 0 Å². The lowest BCUT2D eigenvalue weighted by molar-refractivity contribution is -0.525. The summed E-state index contributed by atoms with van der Waals surface area (Å²) in [6.07, 6.45) is 1.39. The lowest BCUT2D eigenvalue weighted by atomic mass is 10.2. The van der Waals surface area contributed by atoms with Crippen molar-refractivity contribution in [1.82, 2.24) is 5.43 Å². The first-order valence-corrected chi connectivity index (χ1v) is 4.18. The molecule has 0 heterocycles. The molecular weight excluding hydrogens is 196 g/mol. The summed E-state index contributed by atoms with van der Waals surface area (Å²) >= 11 is 0. The first-order valence-electron chi connectivity index (χ1n) is 4.18. The molecule has 15 heavy (non-hydrogen) atoms. The second kappa shape index (κ2) is 4.85. The van der Waals surface area contributed by atoms with E-state index in [2.05, 4.69) is 4.99 Å². The number of hydrogen-bond acceptors (Lipinski definition) is 3. The van der Waals surface area contributed by atoms with Crippen molar-refractivity contribution in [2.45, 2.75) is 6.92 Å². The molecule has 1 aromatic carbocycles. The van der Waals surface area contributed by atoms with Gasteiger partial charge in [0.15, 0.2) is 5.03 Å². The van der Waals surface area contributed by atoms with Gasteiger partial charge in [0, 0.05) is 6.21 Å². The van der Waals surface area contributed by atoms with Crippen molar-refractivity contribution in [2.75, 3.05) is 0 Å². The van der Waals surface area contributed by atoms with Gasteiger partial charge in [-0.05, 0) is 12.5 Å². The molecular formula is C9H10N4O2. The van der Waals surface area contributed by atoms with Gasteiger partial charge in [0.1, 0.15) is 0 Å². The van der Waals surface area contributed by atoms with Crippen molar-refractivity contribution in [2.24, 2.45) is 4.99 Å². The molecule has 0 amide bonds. The third-order valence-corrected chi connectivity index (χ3v) is 1.62. The van der Waals surface area contributed by atoms with Gasteiger partial charge >= 0.3 is 0 Å². The molecule has 0 radical (unpaired) electrons. The fourth-order valence-electron chi connectivity index (χ4n) is 0.907. The van der Waals surface area contributed by atoms with Crippen LogP contribution in [0.1, 0.15) is 11.1 Å². The van der Waals surface area contributed by atoms with E-state index in [0.717, 1.165) is 11.1 Å². The summed E-state index contributed by atoms with van der Waals surface area (Å²) in [6, 6.07) is 7.42. The van der Waals surface area contributed by atoms with Crippen molar-refractivity contribution < 1.29 is 5.03 Å². The molecule has 0 bridgehead atoms. The highest BCUT2D eigenvalue weighted by Crippen LogP contribution is 1.99. The van der Waals surface area contributed by atoms with Gasteiger partial charge in [-0.15, -0.1) is 0 Å². The Bertz CT molecular complexity index is 397. The van der Waals surface area contributed by atoms with Gasteiger partial charge in [0.25, 0.3) is 5.96 Å². The molecule has 0 saturated heterocycles. The number of aryl methyl sites for hydroxylation is 1. The van der Waals surface area contributed by atoms with E-state index in [9.17, 15) is 10.1 Å². The Morgan fingerprint density at radius 3 is 2.67 bits per heavy atom. The van der Waals surface area contributed by atoms with Crippen LogP contribution in [0, 0.1) is 22.4 Å². The fraction of sp³-hybridized carbons (Fsp3) is 0.111. The van der Waals surface area contributed by atoms with Gasteiger partial charge in [-0.3, -0.25) is 5.41 Å². The minimum Gasteiger partial charge on any atom is -0.263 e. The van der Waals surface area contributed by atoms with Gasteiger partial charge in [0.2, 0.25) is 0 Å². The van der Waals surface area contributed by atoms with Crippen molar-refractivity contribution in [3.05, 3.63) is 45.5 Å². The van der Waals surface area contributed by atoms with Gasteiger partial charge in [-0.25, -0.2) is 15.1 Å². The van der Waals surface area contributed by atoms with E-state index >= 15 is 0 Å². The fourth-order valence-corrected chi connectivity index (χ4v) is 0.907. The molecule has 0 aliphatic heterocycles. The number of nitrogens with zero attached hydrogens (tertiary/aromatic N) is 2. The maximum absolute atomic E-state index is 9.95. The highest BCUT2D eigenvalue weighted by atomic mass is 16.7. The van der Waals surface area contributed by atoms with Crippen LogP contribution in [-0.4, -0.2) is 17.2 Å². The van der Waals surface area contributed by atoms with Gasteiger partial charge in [-0.1, -0.05) is 35.3 Å². The van der Waals surface area contributed by atoms with Crippen LogP contribution >= 0.6 is 0 Å². The van der Waals surface area contributed by atoms with E-state index in [4.69, 9.17) is 5.41 Å². The van der Waals surface area contributed by atoms with Crippen molar-refractivity contribution in [3.8, 4) is 0 Å². The summed E-state index contributed by atoms with van der Waals surface area (Å²) in [7, 11) is 0. The van der Waals surface area contributed by atoms with E-state index in [1.54, 1.807) is 5.43 Å². The smallest absolute Gasteiger partial charge is 0.263 e. The predicted octanol–water partition coefficient (Wildman–Crippen LogP) is 1.13. The average molecular weight is 206 g/mol. The normalized spacial score (nSPS) is 10.2. The lowest BCUT2D eigenvalue weighted by Crippen LogP contribution is -2.26. The van der Waals surface area contributed by atoms with E-state index < -0.39 is 11.0 Å². The van der Waals surface area contributed by atoms with E-state index in [1.165, 1.54) is 6.21 Å². The van der Waals surface area contributed by atoms with Gasteiger partial charge < -0.3 is 0 Å². The maximum atomic E-state index is 9.95. The van der Waals surface area contributed by atoms with Crippen LogP contribution in [0.15, 0.2) is 29.3 Å². The van der Waals surface area contributed by atoms with Gasteiger partial charge in [0.05, 0.1) is 0 Å². The zero-order valence-corrected chi connectivity index (χ0v) is 8.10. The molecule has 0 aliphatic carbocycles. The summed E-state index contributed by atoms with van der Waals surface area (Å²) in [6.45, 7) is 1.96. The molecule has 0 spiro atoms.